The maximum absolute atomic E-state index is 12.7. The smallest absolute Gasteiger partial charge is 0.225 e. The molecular weight excluding hydrogens is 532 g/mol. The Hall–Kier alpha value is -2.71. The van der Waals surface area contributed by atoms with Crippen LogP contribution in [-0.4, -0.2) is 50.3 Å². The third-order valence-electron chi connectivity index (χ3n) is 6.69. The second-order valence-electron chi connectivity index (χ2n) is 9.74. The standard InChI is InChI=1S/C31H37ClN2O4S/c1-22(2)33(16-18-37-21-24-9-6-5-7-10-24)15-8-17-38-29-14-12-26(36-4)20-27(29)31-34(23(3)35)28-13-11-25(32)19-30(28)39-31/h5-7,9-14,19-20,22,31H,8,15-18,21H2,1-4H3. The van der Waals surface area contributed by atoms with Crippen LogP contribution in [0.5, 0.6) is 11.5 Å². The van der Waals surface area contributed by atoms with Gasteiger partial charge in [-0.2, -0.15) is 0 Å². The monoisotopic (exact) mass is 568 g/mol. The zero-order chi connectivity index (χ0) is 27.8. The number of halogens is 1. The molecule has 6 nitrogen and oxygen atoms in total. The molecule has 208 valence electrons. The van der Waals surface area contributed by atoms with Crippen LogP contribution in [0, 0.1) is 0 Å². The summed E-state index contributed by atoms with van der Waals surface area (Å²) in [7, 11) is 1.64. The molecule has 0 radical (unpaired) electrons. The molecule has 0 spiro atoms. The summed E-state index contributed by atoms with van der Waals surface area (Å²) in [6, 6.07) is 22.1. The lowest BCUT2D eigenvalue weighted by molar-refractivity contribution is -0.116. The third-order valence-corrected chi connectivity index (χ3v) is 8.19. The molecule has 3 aromatic rings. The molecule has 0 fully saturated rings. The molecule has 1 heterocycles. The molecular formula is C31H37ClN2O4S. The highest BCUT2D eigenvalue weighted by Crippen LogP contribution is 2.54. The van der Waals surface area contributed by atoms with Crippen molar-refractivity contribution in [2.24, 2.45) is 0 Å². The molecule has 0 N–H and O–H groups in total. The molecule has 4 rings (SSSR count). The summed E-state index contributed by atoms with van der Waals surface area (Å²) in [6.07, 6.45) is 0.867. The van der Waals surface area contributed by atoms with Crippen molar-refractivity contribution in [2.75, 3.05) is 38.3 Å². The quantitative estimate of drug-likeness (QED) is 0.203. The number of thioether (sulfide) groups is 1. The van der Waals surface area contributed by atoms with E-state index in [2.05, 4.69) is 30.9 Å². The molecule has 1 unspecified atom stereocenters. The number of methoxy groups -OCH3 is 1. The van der Waals surface area contributed by atoms with Gasteiger partial charge in [-0.3, -0.25) is 14.6 Å². The van der Waals surface area contributed by atoms with Gasteiger partial charge in [0.2, 0.25) is 5.91 Å². The van der Waals surface area contributed by atoms with Crippen molar-refractivity contribution in [3.8, 4) is 11.5 Å². The molecule has 3 aromatic carbocycles. The minimum Gasteiger partial charge on any atom is -0.497 e. The lowest BCUT2D eigenvalue weighted by atomic mass is 10.1. The Morgan fingerprint density at radius 2 is 1.85 bits per heavy atom. The van der Waals surface area contributed by atoms with Crippen LogP contribution in [0.25, 0.3) is 0 Å². The van der Waals surface area contributed by atoms with E-state index in [-0.39, 0.29) is 11.3 Å². The van der Waals surface area contributed by atoms with E-state index in [4.69, 9.17) is 25.8 Å². The fourth-order valence-electron chi connectivity index (χ4n) is 4.62. The number of amides is 1. The number of carbonyl (C=O) groups is 1. The highest BCUT2D eigenvalue weighted by atomic mass is 35.5. The zero-order valence-corrected chi connectivity index (χ0v) is 24.6. The summed E-state index contributed by atoms with van der Waals surface area (Å²) in [5.74, 6) is 1.43. The van der Waals surface area contributed by atoms with Gasteiger partial charge in [0.05, 0.1) is 32.6 Å². The summed E-state index contributed by atoms with van der Waals surface area (Å²) in [5, 5.41) is 0.377. The Morgan fingerprint density at radius 3 is 2.56 bits per heavy atom. The molecule has 1 atom stereocenters. The average molecular weight is 569 g/mol. The number of carbonyl (C=O) groups excluding carboxylic acids is 1. The highest BCUT2D eigenvalue weighted by molar-refractivity contribution is 8.00. The zero-order valence-electron chi connectivity index (χ0n) is 23.1. The maximum Gasteiger partial charge on any atom is 0.225 e. The Morgan fingerprint density at radius 1 is 1.05 bits per heavy atom. The van der Waals surface area contributed by atoms with Gasteiger partial charge in [0.15, 0.2) is 0 Å². The summed E-state index contributed by atoms with van der Waals surface area (Å²) in [5.41, 5.74) is 2.95. The molecule has 0 aliphatic carbocycles. The predicted molar refractivity (Wildman–Crippen MR) is 159 cm³/mol. The number of ether oxygens (including phenoxy) is 3. The van der Waals surface area contributed by atoms with Crippen LogP contribution in [-0.2, 0) is 16.1 Å². The van der Waals surface area contributed by atoms with Gasteiger partial charge in [0.25, 0.3) is 0 Å². The number of nitrogens with zero attached hydrogens (tertiary/aromatic N) is 2. The van der Waals surface area contributed by atoms with E-state index in [1.807, 2.05) is 54.6 Å². The van der Waals surface area contributed by atoms with E-state index < -0.39 is 0 Å². The van der Waals surface area contributed by atoms with Crippen LogP contribution in [0.2, 0.25) is 5.02 Å². The number of hydrogen-bond acceptors (Lipinski definition) is 6. The molecule has 1 amide bonds. The van der Waals surface area contributed by atoms with Gasteiger partial charge < -0.3 is 14.2 Å². The van der Waals surface area contributed by atoms with Crippen molar-refractivity contribution >= 4 is 35.0 Å². The Balaban J connectivity index is 1.37. The first-order chi connectivity index (χ1) is 18.9. The number of fused-ring (bicyclic) bond motifs is 1. The molecule has 39 heavy (non-hydrogen) atoms. The second kappa shape index (κ2) is 14.1. The van der Waals surface area contributed by atoms with E-state index >= 15 is 0 Å². The van der Waals surface area contributed by atoms with Crippen molar-refractivity contribution in [3.05, 3.63) is 82.9 Å². The van der Waals surface area contributed by atoms with E-state index in [0.717, 1.165) is 47.2 Å². The molecule has 0 saturated heterocycles. The van der Waals surface area contributed by atoms with Gasteiger partial charge in [-0.1, -0.05) is 53.7 Å². The number of anilines is 1. The van der Waals surface area contributed by atoms with E-state index in [1.54, 1.807) is 30.7 Å². The SMILES string of the molecule is COc1ccc(OCCCN(CCOCc2ccccc2)C(C)C)c(C2Sc3cc(Cl)ccc3N2C(C)=O)c1. The Labute approximate surface area is 241 Å². The summed E-state index contributed by atoms with van der Waals surface area (Å²) in [4.78, 5) is 17.9. The van der Waals surface area contributed by atoms with Crippen LogP contribution >= 0.6 is 23.4 Å². The Kier molecular flexibility index (Phi) is 10.6. The summed E-state index contributed by atoms with van der Waals surface area (Å²) >= 11 is 7.84. The van der Waals surface area contributed by atoms with Crippen LogP contribution in [0.3, 0.4) is 0 Å². The minimum absolute atomic E-state index is 0.0376. The first-order valence-corrected chi connectivity index (χ1v) is 14.6. The van der Waals surface area contributed by atoms with Gasteiger partial charge in [-0.05, 0) is 62.2 Å². The number of hydrogen-bond donors (Lipinski definition) is 0. The second-order valence-corrected chi connectivity index (χ2v) is 11.3. The topological polar surface area (TPSA) is 51.2 Å². The van der Waals surface area contributed by atoms with Crippen LogP contribution < -0.4 is 14.4 Å². The molecule has 8 heteroatoms. The van der Waals surface area contributed by atoms with Crippen molar-refractivity contribution in [1.29, 1.82) is 0 Å². The van der Waals surface area contributed by atoms with Gasteiger partial charge >= 0.3 is 0 Å². The van der Waals surface area contributed by atoms with E-state index in [0.29, 0.717) is 30.9 Å². The summed E-state index contributed by atoms with van der Waals surface area (Å²) < 4.78 is 17.7. The van der Waals surface area contributed by atoms with E-state index in [1.165, 1.54) is 5.56 Å². The third kappa shape index (κ3) is 7.70. The Bertz CT molecular complexity index is 1240. The van der Waals surface area contributed by atoms with Crippen molar-refractivity contribution in [2.45, 2.75) is 50.1 Å². The first kappa shape index (κ1) is 29.3. The van der Waals surface area contributed by atoms with Crippen molar-refractivity contribution in [3.63, 3.8) is 0 Å². The van der Waals surface area contributed by atoms with Gasteiger partial charge in [-0.15, -0.1) is 0 Å². The lowest BCUT2D eigenvalue weighted by Gasteiger charge is -2.27. The molecule has 0 bridgehead atoms. The van der Waals surface area contributed by atoms with Crippen molar-refractivity contribution in [1.82, 2.24) is 4.90 Å². The van der Waals surface area contributed by atoms with Crippen LogP contribution in [0.15, 0.2) is 71.6 Å². The largest absolute Gasteiger partial charge is 0.497 e. The number of rotatable bonds is 13. The predicted octanol–water partition coefficient (Wildman–Crippen LogP) is 7.20. The summed E-state index contributed by atoms with van der Waals surface area (Å²) in [6.45, 7) is 9.63. The lowest BCUT2D eigenvalue weighted by Crippen LogP contribution is -2.35. The normalized spacial score (nSPS) is 14.6. The molecule has 1 aliphatic heterocycles. The van der Waals surface area contributed by atoms with Gasteiger partial charge in [0.1, 0.15) is 16.9 Å². The molecule has 1 aliphatic rings. The fourth-order valence-corrected chi connectivity index (χ4v) is 6.26. The number of benzene rings is 3. The average Bonchev–Trinajstić information content (AvgIpc) is 3.31. The van der Waals surface area contributed by atoms with Gasteiger partial charge in [0, 0.05) is 41.5 Å². The van der Waals surface area contributed by atoms with Crippen molar-refractivity contribution < 1.29 is 19.0 Å². The van der Waals surface area contributed by atoms with Crippen LogP contribution in [0.4, 0.5) is 5.69 Å². The fraction of sp³-hybridized carbons (Fsp3) is 0.387. The van der Waals surface area contributed by atoms with Crippen LogP contribution in [0.1, 0.15) is 43.7 Å². The molecule has 0 aromatic heterocycles. The minimum atomic E-state index is -0.269. The maximum atomic E-state index is 12.7. The highest BCUT2D eigenvalue weighted by Gasteiger charge is 2.36. The first-order valence-electron chi connectivity index (χ1n) is 13.3. The molecule has 0 saturated carbocycles. The van der Waals surface area contributed by atoms with E-state index in [9.17, 15) is 4.79 Å². The van der Waals surface area contributed by atoms with Gasteiger partial charge in [-0.25, -0.2) is 0 Å².